The minimum atomic E-state index is 0. The summed E-state index contributed by atoms with van der Waals surface area (Å²) < 4.78 is 0. The number of nitrogens with zero attached hydrogens (tertiary/aromatic N) is 1. The second-order valence-electron chi connectivity index (χ2n) is 6.77. The van der Waals surface area contributed by atoms with Crippen molar-refractivity contribution in [1.82, 2.24) is 4.90 Å². The van der Waals surface area contributed by atoms with Gasteiger partial charge in [0.05, 0.1) is 12.7 Å². The molecule has 1 aliphatic rings. The average Bonchev–Trinajstić information content (AvgIpc) is 2.97. The first kappa shape index (κ1) is 23.5. The molecule has 0 aliphatic carbocycles. The van der Waals surface area contributed by atoms with Gasteiger partial charge < -0.3 is 21.9 Å². The van der Waals surface area contributed by atoms with E-state index in [1.807, 2.05) is 0 Å². The molecule has 1 N–H and O–H groups in total. The summed E-state index contributed by atoms with van der Waals surface area (Å²) in [6.07, 6.45) is 21.6. The Bertz CT molecular complexity index is 272. The van der Waals surface area contributed by atoms with E-state index in [-0.39, 0.29) is 17.0 Å². The van der Waals surface area contributed by atoms with Crippen LogP contribution in [0.15, 0.2) is 12.4 Å². The van der Waals surface area contributed by atoms with Crippen molar-refractivity contribution in [1.29, 1.82) is 0 Å². The third-order valence-electron chi connectivity index (χ3n) is 4.61. The van der Waals surface area contributed by atoms with Gasteiger partial charge in [0.2, 0.25) is 0 Å². The lowest BCUT2D eigenvalue weighted by molar-refractivity contribution is -0.849. The molecule has 0 amide bonds. The minimum Gasteiger partial charge on any atom is -1.00 e. The first-order valence-electron chi connectivity index (χ1n) is 9.69. The van der Waals surface area contributed by atoms with Crippen LogP contribution in [-0.4, -0.2) is 30.0 Å². The van der Waals surface area contributed by atoms with E-state index in [1.165, 1.54) is 96.8 Å². The molecule has 23 heavy (non-hydrogen) atoms. The summed E-state index contributed by atoms with van der Waals surface area (Å²) in [5.74, 6) is 0. The van der Waals surface area contributed by atoms with Crippen molar-refractivity contribution < 1.29 is 21.9 Å². The van der Waals surface area contributed by atoms with Crippen molar-refractivity contribution in [3.05, 3.63) is 12.4 Å². The van der Waals surface area contributed by atoms with Gasteiger partial charge in [0.1, 0.15) is 6.20 Å². The maximum Gasteiger partial charge on any atom is 0.156 e. The van der Waals surface area contributed by atoms with Crippen molar-refractivity contribution in [2.75, 3.05) is 25.1 Å². The fourth-order valence-electron chi connectivity index (χ4n) is 3.14. The summed E-state index contributed by atoms with van der Waals surface area (Å²) in [5, 5.41) is 1.15. The zero-order valence-corrected chi connectivity index (χ0v) is 18.3. The SMILES string of the molecule is CCCCCCCCCCCCN1C=C[NH+](CCCCBr)C1.[Br-]. The van der Waals surface area contributed by atoms with Crippen LogP contribution in [0, 0.1) is 0 Å². The van der Waals surface area contributed by atoms with Gasteiger partial charge in [-0.2, -0.15) is 0 Å². The molecular weight excluding hydrogens is 416 g/mol. The molecule has 1 heterocycles. The molecular formula is C19H38Br2N2. The summed E-state index contributed by atoms with van der Waals surface area (Å²) in [5.41, 5.74) is 0. The Labute approximate surface area is 164 Å². The van der Waals surface area contributed by atoms with E-state index >= 15 is 0 Å². The molecule has 0 spiro atoms. The predicted molar refractivity (Wildman–Crippen MR) is 101 cm³/mol. The fourth-order valence-corrected chi connectivity index (χ4v) is 3.54. The Balaban J connectivity index is 0.00000484. The lowest BCUT2D eigenvalue weighted by Crippen LogP contribution is -3.07. The molecule has 0 bridgehead atoms. The second kappa shape index (κ2) is 17.3. The topological polar surface area (TPSA) is 7.68 Å². The van der Waals surface area contributed by atoms with Gasteiger partial charge in [0.15, 0.2) is 6.67 Å². The Kier molecular flexibility index (Phi) is 17.6. The van der Waals surface area contributed by atoms with Crippen LogP contribution in [0.4, 0.5) is 0 Å². The Morgan fingerprint density at radius 2 is 1.48 bits per heavy atom. The lowest BCUT2D eigenvalue weighted by Gasteiger charge is -2.16. The highest BCUT2D eigenvalue weighted by Gasteiger charge is 2.15. The first-order valence-corrected chi connectivity index (χ1v) is 10.8. The first-order chi connectivity index (χ1) is 10.9. The summed E-state index contributed by atoms with van der Waals surface area (Å²) >= 11 is 3.51. The van der Waals surface area contributed by atoms with Gasteiger partial charge in [-0.1, -0.05) is 80.6 Å². The van der Waals surface area contributed by atoms with Crippen molar-refractivity contribution in [3.8, 4) is 0 Å². The zero-order chi connectivity index (χ0) is 15.9. The van der Waals surface area contributed by atoms with Crippen LogP contribution in [0.25, 0.3) is 0 Å². The molecule has 1 unspecified atom stereocenters. The van der Waals surface area contributed by atoms with Crippen molar-refractivity contribution >= 4 is 15.9 Å². The van der Waals surface area contributed by atoms with Gasteiger partial charge in [-0.15, -0.1) is 0 Å². The van der Waals surface area contributed by atoms with Crippen molar-refractivity contribution in [3.63, 3.8) is 0 Å². The molecule has 2 nitrogen and oxygen atoms in total. The van der Waals surface area contributed by atoms with E-state index in [0.29, 0.717) is 0 Å². The second-order valence-corrected chi connectivity index (χ2v) is 7.57. The largest absolute Gasteiger partial charge is 1.00 e. The predicted octanol–water partition coefficient (Wildman–Crippen LogP) is 1.72. The summed E-state index contributed by atoms with van der Waals surface area (Å²) in [4.78, 5) is 4.14. The number of halogens is 2. The van der Waals surface area contributed by atoms with Gasteiger partial charge in [0, 0.05) is 11.9 Å². The molecule has 1 atom stereocenters. The number of hydrogen-bond donors (Lipinski definition) is 1. The van der Waals surface area contributed by atoms with Crippen LogP contribution < -0.4 is 21.9 Å². The van der Waals surface area contributed by atoms with E-state index in [4.69, 9.17) is 0 Å². The van der Waals surface area contributed by atoms with Crippen LogP contribution in [0.3, 0.4) is 0 Å². The normalized spacial score (nSPS) is 16.8. The third-order valence-corrected chi connectivity index (χ3v) is 5.17. The molecule has 0 radical (unpaired) electrons. The zero-order valence-electron chi connectivity index (χ0n) is 15.2. The van der Waals surface area contributed by atoms with E-state index in [9.17, 15) is 0 Å². The van der Waals surface area contributed by atoms with E-state index in [2.05, 4.69) is 40.2 Å². The molecule has 0 aromatic rings. The molecule has 138 valence electrons. The molecule has 0 aromatic heterocycles. The van der Waals surface area contributed by atoms with Gasteiger partial charge in [-0.3, -0.25) is 4.90 Å². The van der Waals surface area contributed by atoms with Crippen LogP contribution in [0.1, 0.15) is 84.0 Å². The monoisotopic (exact) mass is 452 g/mol. The van der Waals surface area contributed by atoms with Gasteiger partial charge in [-0.25, -0.2) is 0 Å². The van der Waals surface area contributed by atoms with E-state index in [1.54, 1.807) is 4.90 Å². The summed E-state index contributed by atoms with van der Waals surface area (Å²) in [6.45, 7) is 6.03. The molecule has 0 aromatic carbocycles. The Morgan fingerprint density at radius 1 is 0.870 bits per heavy atom. The van der Waals surface area contributed by atoms with E-state index < -0.39 is 0 Å². The highest BCUT2D eigenvalue weighted by atomic mass is 79.9. The van der Waals surface area contributed by atoms with Crippen molar-refractivity contribution in [2.45, 2.75) is 84.0 Å². The molecule has 4 heteroatoms. The number of unbranched alkanes of at least 4 members (excludes halogenated alkanes) is 10. The fraction of sp³-hybridized carbons (Fsp3) is 0.895. The lowest BCUT2D eigenvalue weighted by atomic mass is 10.1. The van der Waals surface area contributed by atoms with E-state index in [0.717, 1.165) is 5.33 Å². The highest BCUT2D eigenvalue weighted by molar-refractivity contribution is 9.09. The number of hydrogen-bond acceptors (Lipinski definition) is 1. The molecule has 0 fully saturated rings. The third kappa shape index (κ3) is 13.4. The average molecular weight is 454 g/mol. The maximum absolute atomic E-state index is 3.51. The van der Waals surface area contributed by atoms with Gasteiger partial charge >= 0.3 is 0 Å². The number of quaternary nitrogens is 1. The highest BCUT2D eigenvalue weighted by Crippen LogP contribution is 2.10. The van der Waals surface area contributed by atoms with Crippen LogP contribution in [0.5, 0.6) is 0 Å². The number of alkyl halides is 1. The molecule has 0 saturated heterocycles. The summed E-state index contributed by atoms with van der Waals surface area (Å²) in [6, 6.07) is 0. The minimum absolute atomic E-state index is 0. The van der Waals surface area contributed by atoms with Crippen LogP contribution in [-0.2, 0) is 0 Å². The molecule has 1 aliphatic heterocycles. The van der Waals surface area contributed by atoms with Crippen LogP contribution >= 0.6 is 15.9 Å². The number of rotatable bonds is 15. The molecule has 1 rings (SSSR count). The Hall–Kier alpha value is 0.460. The Morgan fingerprint density at radius 3 is 2.09 bits per heavy atom. The maximum atomic E-state index is 3.51. The quantitative estimate of drug-likeness (QED) is 0.293. The summed E-state index contributed by atoms with van der Waals surface area (Å²) in [7, 11) is 0. The number of nitrogens with one attached hydrogen (secondary N) is 1. The molecule has 0 saturated carbocycles. The van der Waals surface area contributed by atoms with Gasteiger partial charge in [-0.05, 0) is 19.3 Å². The van der Waals surface area contributed by atoms with Crippen molar-refractivity contribution in [2.24, 2.45) is 0 Å². The standard InChI is InChI=1S/C19H37BrN2.BrH/c1-2-3-4-5-6-7-8-9-10-12-15-21-17-18-22(19-21)16-13-11-14-20;/h17-18H,2-16,19H2,1H3;1H. The van der Waals surface area contributed by atoms with Crippen LogP contribution in [0.2, 0.25) is 0 Å². The smallest absolute Gasteiger partial charge is 0.156 e. The van der Waals surface area contributed by atoms with Gasteiger partial charge in [0.25, 0.3) is 0 Å².